The number of aliphatic hydroxyl groups is 1. The Balaban J connectivity index is 2.07. The van der Waals surface area contributed by atoms with Crippen LogP contribution in [0.15, 0.2) is 36.4 Å². The van der Waals surface area contributed by atoms with Crippen molar-refractivity contribution in [3.05, 3.63) is 64.5 Å². The molecule has 2 aromatic carbocycles. The molecule has 0 aromatic heterocycles. The van der Waals surface area contributed by atoms with E-state index in [0.717, 1.165) is 22.4 Å². The Bertz CT molecular complexity index is 674. The minimum atomic E-state index is -1.03. The maximum absolute atomic E-state index is 13.1. The summed E-state index contributed by atoms with van der Waals surface area (Å²) in [6.45, 7) is 5.86. The summed E-state index contributed by atoms with van der Waals surface area (Å²) >= 11 is 0. The third kappa shape index (κ3) is 3.92. The predicted molar refractivity (Wildman–Crippen MR) is 85.3 cm³/mol. The lowest BCUT2D eigenvalue weighted by Gasteiger charge is -2.15. The molecule has 0 radical (unpaired) electrons. The molecule has 3 nitrogen and oxygen atoms in total. The largest absolute Gasteiger partial charge is 0.388 e. The van der Waals surface area contributed by atoms with Crippen LogP contribution in [0.4, 0.5) is 10.1 Å². The van der Waals surface area contributed by atoms with Gasteiger partial charge in [-0.2, -0.15) is 0 Å². The van der Waals surface area contributed by atoms with Crippen molar-refractivity contribution in [2.75, 3.05) is 5.32 Å². The first-order chi connectivity index (χ1) is 10.4. The Kier molecular flexibility index (Phi) is 4.93. The number of benzene rings is 2. The molecular formula is C18H20FNO2. The van der Waals surface area contributed by atoms with Gasteiger partial charge in [0.2, 0.25) is 5.91 Å². The maximum atomic E-state index is 13.1. The zero-order chi connectivity index (χ0) is 16.3. The van der Waals surface area contributed by atoms with Gasteiger partial charge < -0.3 is 10.4 Å². The van der Waals surface area contributed by atoms with Gasteiger partial charge in [0.1, 0.15) is 5.82 Å². The number of aryl methyl sites for hydroxylation is 3. The summed E-state index contributed by atoms with van der Waals surface area (Å²) in [4.78, 5) is 12.1. The molecule has 0 aliphatic carbocycles. The molecule has 0 aliphatic rings. The average molecular weight is 301 g/mol. The summed E-state index contributed by atoms with van der Waals surface area (Å²) in [5.74, 6) is -0.728. The molecule has 4 heteroatoms. The molecular weight excluding hydrogens is 281 g/mol. The number of carbonyl (C=O) groups is 1. The average Bonchev–Trinajstić information content (AvgIpc) is 2.42. The van der Waals surface area contributed by atoms with E-state index >= 15 is 0 Å². The van der Waals surface area contributed by atoms with Crippen molar-refractivity contribution in [2.24, 2.45) is 0 Å². The standard InChI is InChI=1S/C18H20FNO2/c1-11-7-12(2)18(13(3)8-11)20-17(22)10-16(21)14-5-4-6-15(19)9-14/h4-9,16,21H,10H2,1-3H3,(H,20,22). The number of amides is 1. The molecule has 1 unspecified atom stereocenters. The van der Waals surface area contributed by atoms with Crippen LogP contribution in [0.2, 0.25) is 0 Å². The molecule has 0 bridgehead atoms. The number of aliphatic hydroxyl groups excluding tert-OH is 1. The molecule has 2 rings (SSSR count). The molecule has 0 heterocycles. The number of hydrogen-bond donors (Lipinski definition) is 2. The third-order valence-corrected chi connectivity index (χ3v) is 3.55. The van der Waals surface area contributed by atoms with Crippen molar-refractivity contribution in [2.45, 2.75) is 33.3 Å². The highest BCUT2D eigenvalue weighted by Crippen LogP contribution is 2.23. The summed E-state index contributed by atoms with van der Waals surface area (Å²) in [6.07, 6.45) is -1.14. The van der Waals surface area contributed by atoms with E-state index in [2.05, 4.69) is 5.32 Å². The second-order valence-corrected chi connectivity index (χ2v) is 5.60. The van der Waals surface area contributed by atoms with Crippen LogP contribution in [0.1, 0.15) is 34.8 Å². The monoisotopic (exact) mass is 301 g/mol. The highest BCUT2D eigenvalue weighted by molar-refractivity contribution is 5.92. The highest BCUT2D eigenvalue weighted by Gasteiger charge is 2.15. The molecule has 22 heavy (non-hydrogen) atoms. The summed E-state index contributed by atoms with van der Waals surface area (Å²) in [7, 11) is 0. The van der Waals surface area contributed by atoms with Crippen molar-refractivity contribution in [3.8, 4) is 0 Å². The molecule has 0 fully saturated rings. The number of nitrogens with one attached hydrogen (secondary N) is 1. The van der Waals surface area contributed by atoms with Gasteiger partial charge in [-0.3, -0.25) is 4.79 Å². The first-order valence-electron chi connectivity index (χ1n) is 7.18. The highest BCUT2D eigenvalue weighted by atomic mass is 19.1. The van der Waals surface area contributed by atoms with E-state index in [4.69, 9.17) is 0 Å². The second-order valence-electron chi connectivity index (χ2n) is 5.60. The van der Waals surface area contributed by atoms with Gasteiger partial charge in [0, 0.05) is 5.69 Å². The molecule has 0 saturated carbocycles. The first-order valence-corrected chi connectivity index (χ1v) is 7.18. The van der Waals surface area contributed by atoms with Crippen LogP contribution in [0.3, 0.4) is 0 Å². The number of rotatable bonds is 4. The Morgan fingerprint density at radius 2 is 1.82 bits per heavy atom. The van der Waals surface area contributed by atoms with Gasteiger partial charge in [0.05, 0.1) is 12.5 Å². The Morgan fingerprint density at radius 3 is 2.41 bits per heavy atom. The van der Waals surface area contributed by atoms with Gasteiger partial charge >= 0.3 is 0 Å². The normalized spacial score (nSPS) is 12.0. The molecule has 2 N–H and O–H groups in total. The molecule has 0 saturated heterocycles. The first kappa shape index (κ1) is 16.2. The lowest BCUT2D eigenvalue weighted by molar-refractivity contribution is -0.118. The molecule has 1 amide bonds. The number of carbonyl (C=O) groups excluding carboxylic acids is 1. The van der Waals surface area contributed by atoms with Crippen LogP contribution in [-0.4, -0.2) is 11.0 Å². The van der Waals surface area contributed by atoms with Gasteiger partial charge in [0.25, 0.3) is 0 Å². The SMILES string of the molecule is Cc1cc(C)c(NC(=O)CC(O)c2cccc(F)c2)c(C)c1. The molecule has 116 valence electrons. The van der Waals surface area contributed by atoms with Gasteiger partial charge in [-0.05, 0) is 49.6 Å². The van der Waals surface area contributed by atoms with Gasteiger partial charge in [-0.1, -0.05) is 29.8 Å². The predicted octanol–water partition coefficient (Wildman–Crippen LogP) is 3.81. The summed E-state index contributed by atoms with van der Waals surface area (Å²) in [5.41, 5.74) is 4.25. The topological polar surface area (TPSA) is 49.3 Å². The van der Waals surface area contributed by atoms with Crippen LogP contribution >= 0.6 is 0 Å². The summed E-state index contributed by atoms with van der Waals surface area (Å²) in [6, 6.07) is 9.64. The minimum absolute atomic E-state index is 0.115. The Hall–Kier alpha value is -2.20. The van der Waals surface area contributed by atoms with E-state index in [1.807, 2.05) is 32.9 Å². The lowest BCUT2D eigenvalue weighted by atomic mass is 10.0. The number of hydrogen-bond acceptors (Lipinski definition) is 2. The van der Waals surface area contributed by atoms with E-state index in [-0.39, 0.29) is 12.3 Å². The summed E-state index contributed by atoms with van der Waals surface area (Å²) in [5, 5.41) is 12.9. The Morgan fingerprint density at radius 1 is 1.18 bits per heavy atom. The van der Waals surface area contributed by atoms with Gasteiger partial charge in [0.15, 0.2) is 0 Å². The summed E-state index contributed by atoms with van der Waals surface area (Å²) < 4.78 is 13.1. The van der Waals surface area contributed by atoms with Crippen LogP contribution in [-0.2, 0) is 4.79 Å². The molecule has 0 spiro atoms. The fourth-order valence-electron chi connectivity index (χ4n) is 2.57. The number of halogens is 1. The molecule has 1 atom stereocenters. The van der Waals surface area contributed by atoms with Crippen molar-refractivity contribution in [3.63, 3.8) is 0 Å². The van der Waals surface area contributed by atoms with Crippen LogP contribution in [0.5, 0.6) is 0 Å². The van der Waals surface area contributed by atoms with Gasteiger partial charge in [-0.15, -0.1) is 0 Å². The quantitative estimate of drug-likeness (QED) is 0.902. The van der Waals surface area contributed by atoms with Crippen molar-refractivity contribution < 1.29 is 14.3 Å². The lowest BCUT2D eigenvalue weighted by Crippen LogP contribution is -2.17. The van der Waals surface area contributed by atoms with Gasteiger partial charge in [-0.25, -0.2) is 4.39 Å². The maximum Gasteiger partial charge on any atom is 0.227 e. The molecule has 2 aromatic rings. The van der Waals surface area contributed by atoms with E-state index < -0.39 is 11.9 Å². The number of anilines is 1. The smallest absolute Gasteiger partial charge is 0.227 e. The van der Waals surface area contributed by atoms with Crippen LogP contribution < -0.4 is 5.32 Å². The third-order valence-electron chi connectivity index (χ3n) is 3.55. The second kappa shape index (κ2) is 6.71. The zero-order valence-electron chi connectivity index (χ0n) is 13.0. The van der Waals surface area contributed by atoms with Crippen molar-refractivity contribution in [1.29, 1.82) is 0 Å². The van der Waals surface area contributed by atoms with E-state index in [9.17, 15) is 14.3 Å². The van der Waals surface area contributed by atoms with Crippen molar-refractivity contribution in [1.82, 2.24) is 0 Å². The van der Waals surface area contributed by atoms with Crippen LogP contribution in [0, 0.1) is 26.6 Å². The van der Waals surface area contributed by atoms with E-state index in [1.165, 1.54) is 18.2 Å². The van der Waals surface area contributed by atoms with E-state index in [0.29, 0.717) is 5.56 Å². The minimum Gasteiger partial charge on any atom is -0.388 e. The fourth-order valence-corrected chi connectivity index (χ4v) is 2.57. The zero-order valence-corrected chi connectivity index (χ0v) is 13.0. The fraction of sp³-hybridized carbons (Fsp3) is 0.278. The van der Waals surface area contributed by atoms with Crippen molar-refractivity contribution >= 4 is 11.6 Å². The van der Waals surface area contributed by atoms with E-state index in [1.54, 1.807) is 6.07 Å². The Labute approximate surface area is 129 Å². The molecule has 0 aliphatic heterocycles. The van der Waals surface area contributed by atoms with Crippen LogP contribution in [0.25, 0.3) is 0 Å².